The van der Waals surface area contributed by atoms with Gasteiger partial charge in [0, 0.05) is 11.1 Å². The molecular formula is C37H44ClN7O8S2. The lowest BCUT2D eigenvalue weighted by Gasteiger charge is -2.48. The Morgan fingerprint density at radius 3 is 2.29 bits per heavy atom. The summed E-state index contributed by atoms with van der Waals surface area (Å²) >= 11 is 2.41. The topological polar surface area (TPSA) is 205 Å². The number of carbonyl (C=O) groups excluding carboxylic acids is 5. The molecule has 0 spiro atoms. The van der Waals surface area contributed by atoms with Gasteiger partial charge in [-0.1, -0.05) is 65.8 Å². The van der Waals surface area contributed by atoms with Crippen molar-refractivity contribution in [2.45, 2.75) is 69.2 Å². The number of ether oxygens (including phenoxy) is 2. The van der Waals surface area contributed by atoms with Gasteiger partial charge in [-0.2, -0.15) is 0 Å². The van der Waals surface area contributed by atoms with Gasteiger partial charge in [0.25, 0.3) is 11.8 Å². The maximum Gasteiger partial charge on any atom is 0.408 e. The first kappa shape index (κ1) is 42.8. The van der Waals surface area contributed by atoms with E-state index in [0.717, 1.165) is 28.9 Å². The molecule has 3 atom stereocenters. The lowest BCUT2D eigenvalue weighted by Crippen LogP contribution is -3.00. The minimum absolute atomic E-state index is 0. The molecule has 2 aliphatic rings. The second kappa shape index (κ2) is 19.6. The van der Waals surface area contributed by atoms with Crippen LogP contribution in [0.4, 0.5) is 9.93 Å². The molecule has 55 heavy (non-hydrogen) atoms. The van der Waals surface area contributed by atoms with Crippen LogP contribution in [0.3, 0.4) is 0 Å². The number of thioether (sulfide) groups is 1. The molecule has 3 heterocycles. The summed E-state index contributed by atoms with van der Waals surface area (Å²) in [5.41, 5.74) is 4.57. The van der Waals surface area contributed by atoms with E-state index in [1.54, 1.807) is 26.8 Å². The van der Waals surface area contributed by atoms with Crippen LogP contribution >= 0.6 is 23.1 Å². The number of alkyl carbamates (subject to hydrolysis) is 1. The highest BCUT2D eigenvalue weighted by Gasteiger charge is 2.53. The molecule has 1 fully saturated rings. The highest BCUT2D eigenvalue weighted by atomic mass is 35.5. The van der Waals surface area contributed by atoms with Crippen LogP contribution in [0.15, 0.2) is 83.0 Å². The Balaban J connectivity index is 0.00000673. The Bertz CT molecular complexity index is 1850. The molecule has 18 heteroatoms. The Labute approximate surface area is 333 Å². The Kier molecular flexibility index (Phi) is 15.2. The second-order valence-electron chi connectivity index (χ2n) is 13.3. The van der Waals surface area contributed by atoms with Gasteiger partial charge in [0.15, 0.2) is 16.9 Å². The number of nitrogens with one attached hydrogen (secondary N) is 3. The number of nitrogens with zero attached hydrogens (tertiary/aromatic N) is 3. The zero-order valence-corrected chi connectivity index (χ0v) is 33.2. The quantitative estimate of drug-likeness (QED) is 0.0545. The summed E-state index contributed by atoms with van der Waals surface area (Å²) in [6, 6.07) is 16.8. The smallest absolute Gasteiger partial charge is 0.408 e. The summed E-state index contributed by atoms with van der Waals surface area (Å²) in [5.74, 6) is -2.02. The molecule has 0 unspecified atom stereocenters. The molecule has 5 rings (SSSR count). The van der Waals surface area contributed by atoms with Crippen molar-refractivity contribution in [2.75, 3.05) is 24.7 Å². The number of amides is 4. The number of carbonyl (C=O) groups is 5. The molecule has 2 aromatic carbocycles. The normalized spacial score (nSPS) is 17.1. The van der Waals surface area contributed by atoms with Crippen molar-refractivity contribution in [3.05, 3.63) is 94.6 Å². The number of aromatic nitrogens is 1. The van der Waals surface area contributed by atoms with Gasteiger partial charge < -0.3 is 48.4 Å². The van der Waals surface area contributed by atoms with E-state index in [1.807, 2.05) is 60.7 Å². The summed E-state index contributed by atoms with van der Waals surface area (Å²) in [5, 5.41) is 12.9. The molecule has 1 aromatic heterocycles. The van der Waals surface area contributed by atoms with Gasteiger partial charge in [-0.15, -0.1) is 23.1 Å². The van der Waals surface area contributed by atoms with Crippen molar-refractivity contribution < 1.29 is 56.4 Å². The highest BCUT2D eigenvalue weighted by molar-refractivity contribution is 8.00. The largest absolute Gasteiger partial charge is 1.00 e. The third-order valence-electron chi connectivity index (χ3n) is 8.15. The number of β-lactam (4-membered cyclic amide) rings is 1. The van der Waals surface area contributed by atoms with Crippen LogP contribution in [0.1, 0.15) is 63.0 Å². The zero-order valence-electron chi connectivity index (χ0n) is 30.8. The molecule has 0 aliphatic carbocycles. The number of hydrogen-bond acceptors (Lipinski definition) is 12. The van der Waals surface area contributed by atoms with Crippen LogP contribution in [0.5, 0.6) is 0 Å². The molecular weight excluding hydrogens is 770 g/mol. The molecule has 4 amide bonds. The number of anilines is 1. The van der Waals surface area contributed by atoms with E-state index in [0.29, 0.717) is 25.1 Å². The van der Waals surface area contributed by atoms with Crippen LogP contribution in [-0.4, -0.2) is 87.8 Å². The summed E-state index contributed by atoms with van der Waals surface area (Å²) in [6.07, 6.45) is 1.96. The summed E-state index contributed by atoms with van der Waals surface area (Å²) in [4.78, 5) is 77.0. The molecule has 0 bridgehead atoms. The van der Waals surface area contributed by atoms with E-state index in [-0.39, 0.29) is 34.6 Å². The predicted octanol–water partition coefficient (Wildman–Crippen LogP) is 0.358. The molecule has 6 N–H and O–H groups in total. The SMILES string of the molecule is CO/N=C(\C(=O)N[C@@H]1C(=O)N2C(C(=O)OC(c3ccccc3)c3ccccc3)=CCS[C@H]12)c1csc(NC(=O)[C@H](CCCC[NH3+])NC(=O)OC(C)(C)C)n1.[Cl-]. The Hall–Kier alpha value is -4.97. The Morgan fingerprint density at radius 2 is 1.69 bits per heavy atom. The van der Waals surface area contributed by atoms with E-state index in [9.17, 15) is 24.0 Å². The van der Waals surface area contributed by atoms with E-state index >= 15 is 0 Å². The van der Waals surface area contributed by atoms with E-state index in [4.69, 9.17) is 14.3 Å². The molecule has 0 radical (unpaired) electrons. The van der Waals surface area contributed by atoms with Crippen LogP contribution in [-0.2, 0) is 33.5 Å². The number of esters is 1. The number of fused-ring (bicyclic) bond motifs is 1. The molecule has 15 nitrogen and oxygen atoms in total. The predicted molar refractivity (Wildman–Crippen MR) is 203 cm³/mol. The van der Waals surface area contributed by atoms with Crippen LogP contribution in [0.2, 0.25) is 0 Å². The van der Waals surface area contributed by atoms with Crippen molar-refractivity contribution >= 4 is 63.7 Å². The first-order valence-corrected chi connectivity index (χ1v) is 19.3. The fraction of sp³-hybridized carbons (Fsp3) is 0.378. The molecule has 1 saturated heterocycles. The molecule has 3 aromatic rings. The maximum absolute atomic E-state index is 13.6. The van der Waals surface area contributed by atoms with Crippen LogP contribution < -0.4 is 34.1 Å². The Morgan fingerprint density at radius 1 is 1.04 bits per heavy atom. The van der Waals surface area contributed by atoms with Crippen LogP contribution in [0, 0.1) is 0 Å². The van der Waals surface area contributed by atoms with Gasteiger partial charge >= 0.3 is 12.1 Å². The van der Waals surface area contributed by atoms with Gasteiger partial charge in [-0.05, 0) is 57.2 Å². The number of benzene rings is 2. The fourth-order valence-electron chi connectivity index (χ4n) is 5.66. The van der Waals surface area contributed by atoms with Gasteiger partial charge in [-0.3, -0.25) is 19.3 Å². The fourth-order valence-corrected chi connectivity index (χ4v) is 7.56. The monoisotopic (exact) mass is 813 g/mol. The van der Waals surface area contributed by atoms with E-state index in [2.05, 4.69) is 31.8 Å². The van der Waals surface area contributed by atoms with Gasteiger partial charge in [0.05, 0.1) is 6.54 Å². The number of oxime groups is 1. The standard InChI is InChI=1S/C37H43N7O8S2.ClH/c1-37(2,3)52-36(49)40-24(17-11-12-19-38)30(45)42-35-39-25(21-54-35)27(43-50-4)31(46)41-28-32(47)44-26(18-20-53-33(28)44)34(48)51-29(22-13-7-5-8-14-22)23-15-9-6-10-16-23;/h5-10,13-16,18,21,24,28-29,33H,11-12,17,19-20,38H2,1-4H3,(H,40,49)(H,41,46)(H,39,42,45);1H/b43-27-;/t24-,28+,33+;/m0./s1. The van der Waals surface area contributed by atoms with E-state index < -0.39 is 58.9 Å². The van der Waals surface area contributed by atoms with Gasteiger partial charge in [-0.25, -0.2) is 14.6 Å². The number of thiazole rings is 1. The molecule has 2 aliphatic heterocycles. The minimum Gasteiger partial charge on any atom is -1.00 e. The lowest BCUT2D eigenvalue weighted by atomic mass is 10.0. The van der Waals surface area contributed by atoms with Crippen molar-refractivity contribution in [1.29, 1.82) is 0 Å². The van der Waals surface area contributed by atoms with E-state index in [1.165, 1.54) is 29.2 Å². The maximum atomic E-state index is 13.6. The third kappa shape index (κ3) is 11.1. The van der Waals surface area contributed by atoms with Gasteiger partial charge in [0.1, 0.15) is 41.6 Å². The van der Waals surface area contributed by atoms with Crippen molar-refractivity contribution in [1.82, 2.24) is 20.5 Å². The number of halogens is 1. The number of hydrogen-bond donors (Lipinski definition) is 4. The molecule has 294 valence electrons. The highest BCUT2D eigenvalue weighted by Crippen LogP contribution is 2.39. The summed E-state index contributed by atoms with van der Waals surface area (Å²) in [7, 11) is 1.26. The third-order valence-corrected chi connectivity index (χ3v) is 10.1. The second-order valence-corrected chi connectivity index (χ2v) is 15.3. The number of unbranched alkanes of at least 4 members (excludes halogenated alkanes) is 1. The zero-order chi connectivity index (χ0) is 38.8. The van der Waals surface area contributed by atoms with Gasteiger partial charge in [0.2, 0.25) is 5.91 Å². The molecule has 0 saturated carbocycles. The average Bonchev–Trinajstić information content (AvgIpc) is 3.61. The number of rotatable bonds is 15. The van der Waals surface area contributed by atoms with Crippen molar-refractivity contribution in [3.63, 3.8) is 0 Å². The average molecular weight is 814 g/mol. The lowest BCUT2D eigenvalue weighted by molar-refractivity contribution is -0.368. The first-order valence-electron chi connectivity index (χ1n) is 17.3. The van der Waals surface area contributed by atoms with Crippen LogP contribution in [0.25, 0.3) is 0 Å². The number of quaternary nitrogens is 1. The van der Waals surface area contributed by atoms with Crippen molar-refractivity contribution in [2.24, 2.45) is 5.16 Å². The first-order chi connectivity index (χ1) is 25.9. The minimum atomic E-state index is -0.976. The summed E-state index contributed by atoms with van der Waals surface area (Å²) in [6.45, 7) is 5.85. The summed E-state index contributed by atoms with van der Waals surface area (Å²) < 4.78 is 11.3. The van der Waals surface area contributed by atoms with Crippen molar-refractivity contribution in [3.8, 4) is 0 Å².